The largest absolute Gasteiger partial charge is 0.382 e. The van der Waals surface area contributed by atoms with Gasteiger partial charge in [-0.05, 0) is 12.1 Å². The number of aliphatic hydroxyl groups excluding tert-OH is 1. The Kier molecular flexibility index (Phi) is 7.99. The number of aliphatic hydroxyl groups is 1. The molecule has 6 heteroatoms. The van der Waals surface area contributed by atoms with E-state index in [1.165, 1.54) is 10.5 Å². The highest BCUT2D eigenvalue weighted by atomic mass is 16.5. The van der Waals surface area contributed by atoms with Crippen LogP contribution in [0.3, 0.4) is 0 Å². The molecule has 0 radical (unpaired) electrons. The van der Waals surface area contributed by atoms with Gasteiger partial charge in [-0.2, -0.15) is 5.26 Å². The molecule has 0 aliphatic carbocycles. The van der Waals surface area contributed by atoms with E-state index < -0.39 is 0 Å². The van der Waals surface area contributed by atoms with Crippen LogP contribution < -0.4 is 15.1 Å². The Hall–Kier alpha value is -1.65. The summed E-state index contributed by atoms with van der Waals surface area (Å²) in [5.74, 6) is 0. The van der Waals surface area contributed by atoms with Gasteiger partial charge in [-0.25, -0.2) is 0 Å². The third-order valence-corrected chi connectivity index (χ3v) is 4.48. The molecule has 1 saturated heterocycles. The molecule has 4 N–H and O–H groups in total. The maximum atomic E-state index is 10.2. The molecule has 2 rings (SSSR count). The molecular formula is C18H30N4O2+2. The minimum atomic E-state index is -0.269. The highest BCUT2D eigenvalue weighted by Gasteiger charge is 2.19. The van der Waals surface area contributed by atoms with E-state index in [0.717, 1.165) is 58.2 Å². The minimum Gasteiger partial charge on any atom is -0.382 e. The lowest BCUT2D eigenvalue weighted by Crippen LogP contribution is -3.15. The molecule has 1 aromatic carbocycles. The highest BCUT2D eigenvalue weighted by molar-refractivity contribution is 5.46. The Morgan fingerprint density at radius 1 is 1.33 bits per heavy atom. The number of nitrogens with zero attached hydrogens (tertiary/aromatic N) is 2. The Bertz CT molecular complexity index is 509. The van der Waals surface area contributed by atoms with Gasteiger partial charge in [-0.15, -0.1) is 0 Å². The van der Waals surface area contributed by atoms with E-state index in [1.54, 1.807) is 0 Å². The summed E-state index contributed by atoms with van der Waals surface area (Å²) in [6, 6.07) is 10.6. The SMILES string of the molecule is CN(CCC#N)c1ccc(C[NH2+]C[C@@H](O)C[NH+]2CCOCC2)cc1. The second-order valence-corrected chi connectivity index (χ2v) is 6.44. The maximum Gasteiger partial charge on any atom is 0.151 e. The molecule has 24 heavy (non-hydrogen) atoms. The number of rotatable bonds is 9. The Labute approximate surface area is 144 Å². The van der Waals surface area contributed by atoms with Gasteiger partial charge in [0.15, 0.2) is 6.10 Å². The van der Waals surface area contributed by atoms with Crippen molar-refractivity contribution in [3.05, 3.63) is 29.8 Å². The fraction of sp³-hybridized carbons (Fsp3) is 0.611. The second kappa shape index (κ2) is 10.3. The summed E-state index contributed by atoms with van der Waals surface area (Å²) in [7, 11) is 2.00. The average Bonchev–Trinajstić information content (AvgIpc) is 2.61. The van der Waals surface area contributed by atoms with Gasteiger partial charge >= 0.3 is 0 Å². The lowest BCUT2D eigenvalue weighted by molar-refractivity contribution is -0.912. The van der Waals surface area contributed by atoms with Crippen LogP contribution >= 0.6 is 0 Å². The van der Waals surface area contributed by atoms with Gasteiger partial charge in [0.25, 0.3) is 0 Å². The molecule has 132 valence electrons. The van der Waals surface area contributed by atoms with Crippen molar-refractivity contribution in [2.45, 2.75) is 19.1 Å². The first-order valence-electron chi connectivity index (χ1n) is 8.77. The summed E-state index contributed by atoms with van der Waals surface area (Å²) in [6.07, 6.45) is 0.268. The fourth-order valence-corrected chi connectivity index (χ4v) is 2.96. The van der Waals surface area contributed by atoms with Gasteiger partial charge in [-0.1, -0.05) is 12.1 Å². The summed E-state index contributed by atoms with van der Waals surface area (Å²) in [5, 5.41) is 21.0. The van der Waals surface area contributed by atoms with Crippen LogP contribution in [0.5, 0.6) is 0 Å². The first-order chi connectivity index (χ1) is 11.7. The van der Waals surface area contributed by atoms with Crippen LogP contribution in [0.2, 0.25) is 0 Å². The molecular weight excluding hydrogens is 304 g/mol. The zero-order chi connectivity index (χ0) is 17.2. The highest BCUT2D eigenvalue weighted by Crippen LogP contribution is 2.13. The number of hydrogen-bond acceptors (Lipinski definition) is 4. The third-order valence-electron chi connectivity index (χ3n) is 4.48. The Morgan fingerprint density at radius 3 is 2.71 bits per heavy atom. The zero-order valence-electron chi connectivity index (χ0n) is 14.6. The normalized spacial score (nSPS) is 16.5. The van der Waals surface area contributed by atoms with E-state index in [-0.39, 0.29) is 6.10 Å². The lowest BCUT2D eigenvalue weighted by atomic mass is 10.2. The maximum absolute atomic E-state index is 10.2. The number of quaternary nitrogens is 2. The van der Waals surface area contributed by atoms with Crippen LogP contribution in [-0.2, 0) is 11.3 Å². The monoisotopic (exact) mass is 334 g/mol. The van der Waals surface area contributed by atoms with E-state index in [0.29, 0.717) is 6.42 Å². The molecule has 1 atom stereocenters. The molecule has 0 bridgehead atoms. The summed E-state index contributed by atoms with van der Waals surface area (Å²) >= 11 is 0. The van der Waals surface area contributed by atoms with E-state index in [2.05, 4.69) is 40.6 Å². The van der Waals surface area contributed by atoms with Crippen molar-refractivity contribution >= 4 is 5.69 Å². The van der Waals surface area contributed by atoms with Gasteiger partial charge in [-0.3, -0.25) is 0 Å². The molecule has 0 aromatic heterocycles. The standard InChI is InChI=1S/C18H28N4O2/c1-21(8-2-7-19)17-5-3-16(4-6-17)13-20-14-18(23)15-22-9-11-24-12-10-22/h3-6,18,20,23H,2,8-15H2,1H3/p+2/t18-/m1/s1. The van der Waals surface area contributed by atoms with Crippen molar-refractivity contribution in [2.75, 3.05) is 57.9 Å². The number of nitrogens with one attached hydrogen (secondary N) is 1. The van der Waals surface area contributed by atoms with Gasteiger partial charge in [0.05, 0.1) is 25.7 Å². The molecule has 0 saturated carbocycles. The van der Waals surface area contributed by atoms with Crippen molar-refractivity contribution in [3.63, 3.8) is 0 Å². The Balaban J connectivity index is 1.67. The van der Waals surface area contributed by atoms with Crippen LogP contribution in [-0.4, -0.2) is 64.2 Å². The number of morpholine rings is 1. The zero-order valence-corrected chi connectivity index (χ0v) is 14.6. The molecule has 0 amide bonds. The van der Waals surface area contributed by atoms with Gasteiger partial charge in [0.1, 0.15) is 32.7 Å². The average molecular weight is 334 g/mol. The van der Waals surface area contributed by atoms with Crippen molar-refractivity contribution in [3.8, 4) is 6.07 Å². The van der Waals surface area contributed by atoms with Crippen LogP contribution in [0.4, 0.5) is 5.69 Å². The lowest BCUT2D eigenvalue weighted by Gasteiger charge is -2.25. The summed E-state index contributed by atoms with van der Waals surface area (Å²) in [4.78, 5) is 3.53. The van der Waals surface area contributed by atoms with E-state index in [9.17, 15) is 5.11 Å². The van der Waals surface area contributed by atoms with Crippen LogP contribution in [0, 0.1) is 11.3 Å². The van der Waals surface area contributed by atoms with Crippen molar-refractivity contribution in [2.24, 2.45) is 0 Å². The van der Waals surface area contributed by atoms with Gasteiger partial charge in [0.2, 0.25) is 0 Å². The number of ether oxygens (including phenoxy) is 1. The third kappa shape index (κ3) is 6.46. The predicted octanol–water partition coefficient (Wildman–Crippen LogP) is -1.62. The first kappa shape index (κ1) is 18.7. The summed E-state index contributed by atoms with van der Waals surface area (Å²) in [5.41, 5.74) is 2.38. The minimum absolute atomic E-state index is 0.269. The number of benzene rings is 1. The van der Waals surface area contributed by atoms with Gasteiger partial charge < -0.3 is 25.0 Å². The topological polar surface area (TPSA) is 77.5 Å². The van der Waals surface area contributed by atoms with Crippen molar-refractivity contribution in [1.82, 2.24) is 0 Å². The van der Waals surface area contributed by atoms with E-state index >= 15 is 0 Å². The number of hydrogen-bond donors (Lipinski definition) is 3. The quantitative estimate of drug-likeness (QED) is 0.507. The van der Waals surface area contributed by atoms with E-state index in [1.807, 2.05) is 7.05 Å². The first-order valence-corrected chi connectivity index (χ1v) is 8.77. The molecule has 0 unspecified atom stereocenters. The molecule has 1 fully saturated rings. The van der Waals surface area contributed by atoms with Crippen LogP contribution in [0.1, 0.15) is 12.0 Å². The molecule has 1 heterocycles. The summed E-state index contributed by atoms with van der Waals surface area (Å²) < 4.78 is 5.34. The Morgan fingerprint density at radius 2 is 2.04 bits per heavy atom. The van der Waals surface area contributed by atoms with E-state index in [4.69, 9.17) is 10.00 Å². The number of nitrogens with two attached hydrogens (primary N) is 1. The van der Waals surface area contributed by atoms with Crippen molar-refractivity contribution in [1.29, 1.82) is 5.26 Å². The smallest absolute Gasteiger partial charge is 0.151 e. The second-order valence-electron chi connectivity index (χ2n) is 6.44. The molecule has 1 aliphatic rings. The molecule has 1 aliphatic heterocycles. The molecule has 6 nitrogen and oxygen atoms in total. The summed E-state index contributed by atoms with van der Waals surface area (Å²) in [6.45, 7) is 6.77. The fourth-order valence-electron chi connectivity index (χ4n) is 2.96. The van der Waals surface area contributed by atoms with Crippen LogP contribution in [0.15, 0.2) is 24.3 Å². The van der Waals surface area contributed by atoms with Crippen LogP contribution in [0.25, 0.3) is 0 Å². The predicted molar refractivity (Wildman–Crippen MR) is 92.8 cm³/mol. The number of nitriles is 1. The van der Waals surface area contributed by atoms with Gasteiger partial charge in [0, 0.05) is 24.8 Å². The number of anilines is 1. The van der Waals surface area contributed by atoms with Crippen molar-refractivity contribution < 1.29 is 20.1 Å². The molecule has 0 spiro atoms. The molecule has 1 aromatic rings.